The number of likely N-dealkylation sites (N-methyl/N-ethyl adjacent to an activating group) is 1. The number of nitrogens with zero attached hydrogens (tertiary/aromatic N) is 1. The van der Waals surface area contributed by atoms with Crippen LogP contribution in [-0.4, -0.2) is 49.9 Å². The Hall–Kier alpha value is -0.820. The number of nitrogens with one attached hydrogen (secondary N) is 1. The van der Waals surface area contributed by atoms with Crippen LogP contribution in [0, 0.1) is 0 Å². The van der Waals surface area contributed by atoms with Crippen molar-refractivity contribution in [2.45, 2.75) is 38.8 Å². The van der Waals surface area contributed by atoms with Crippen molar-refractivity contribution in [2.24, 2.45) is 0 Å². The topological polar surface area (TPSA) is 66.5 Å². The lowest BCUT2D eigenvalue weighted by molar-refractivity contribution is -0.132. The minimum Gasteiger partial charge on any atom is -0.338 e. The number of carbonyl (C=O) groups is 1. The highest BCUT2D eigenvalue weighted by molar-refractivity contribution is 7.91. The smallest absolute Gasteiger partial charge is 0.236 e. The van der Waals surface area contributed by atoms with Gasteiger partial charge in [-0.2, -0.15) is 0 Å². The van der Waals surface area contributed by atoms with Gasteiger partial charge in [0, 0.05) is 18.1 Å². The molecule has 0 spiro atoms. The standard InChI is InChI=1S/C17H24Cl2N2O3S/c1-4-21(13-7-8-25(23,24)11-13)16(22)10-20-17(2,3)12-5-6-14(18)15(19)9-12/h5-6,9,13,20H,4,7-8,10-11H2,1-3H3. The first-order valence-electron chi connectivity index (χ1n) is 8.26. The molecule has 0 aromatic heterocycles. The number of rotatable bonds is 6. The summed E-state index contributed by atoms with van der Waals surface area (Å²) in [6.07, 6.45) is 0.512. The molecule has 0 radical (unpaired) electrons. The van der Waals surface area contributed by atoms with Crippen molar-refractivity contribution in [3.05, 3.63) is 33.8 Å². The molecule has 0 saturated carbocycles. The van der Waals surface area contributed by atoms with E-state index >= 15 is 0 Å². The first kappa shape index (κ1) is 20.5. The molecule has 1 fully saturated rings. The first-order valence-corrected chi connectivity index (χ1v) is 10.8. The molecule has 1 N–H and O–H groups in total. The Balaban J connectivity index is 2.02. The third-order valence-electron chi connectivity index (χ3n) is 4.63. The highest BCUT2D eigenvalue weighted by Crippen LogP contribution is 2.28. The van der Waals surface area contributed by atoms with Gasteiger partial charge in [-0.1, -0.05) is 29.3 Å². The summed E-state index contributed by atoms with van der Waals surface area (Å²) >= 11 is 12.0. The molecule has 1 aromatic carbocycles. The molecule has 1 atom stereocenters. The summed E-state index contributed by atoms with van der Waals surface area (Å²) in [4.78, 5) is 14.2. The van der Waals surface area contributed by atoms with E-state index < -0.39 is 15.4 Å². The number of amides is 1. The predicted octanol–water partition coefficient (Wildman–Crippen LogP) is 2.85. The molecule has 140 valence electrons. The Labute approximate surface area is 159 Å². The zero-order valence-corrected chi connectivity index (χ0v) is 17.0. The van der Waals surface area contributed by atoms with Crippen molar-refractivity contribution >= 4 is 38.9 Å². The maximum absolute atomic E-state index is 12.6. The number of hydrogen-bond donors (Lipinski definition) is 1. The van der Waals surface area contributed by atoms with Gasteiger partial charge in [0.1, 0.15) is 0 Å². The lowest BCUT2D eigenvalue weighted by Gasteiger charge is -2.31. The summed E-state index contributed by atoms with van der Waals surface area (Å²) in [5.74, 6) is 0.115. The molecule has 0 bridgehead atoms. The van der Waals surface area contributed by atoms with E-state index in [1.807, 2.05) is 26.8 Å². The van der Waals surface area contributed by atoms with Crippen molar-refractivity contribution < 1.29 is 13.2 Å². The van der Waals surface area contributed by atoms with Crippen molar-refractivity contribution in [3.8, 4) is 0 Å². The summed E-state index contributed by atoms with van der Waals surface area (Å²) in [5, 5.41) is 4.19. The molecular weight excluding hydrogens is 383 g/mol. The molecule has 1 aliphatic heterocycles. The van der Waals surface area contributed by atoms with Crippen molar-refractivity contribution in [1.29, 1.82) is 0 Å². The van der Waals surface area contributed by atoms with Gasteiger partial charge in [0.25, 0.3) is 0 Å². The van der Waals surface area contributed by atoms with Crippen LogP contribution in [0.1, 0.15) is 32.8 Å². The van der Waals surface area contributed by atoms with Crippen LogP contribution in [0.25, 0.3) is 0 Å². The van der Waals surface area contributed by atoms with Gasteiger partial charge in [-0.05, 0) is 44.9 Å². The van der Waals surface area contributed by atoms with Crippen LogP contribution >= 0.6 is 23.2 Å². The molecule has 1 aromatic rings. The molecular formula is C17H24Cl2N2O3S. The molecule has 1 saturated heterocycles. The number of halogens is 2. The number of carbonyl (C=O) groups excluding carboxylic acids is 1. The fourth-order valence-corrected chi connectivity index (χ4v) is 5.07. The van der Waals surface area contributed by atoms with E-state index in [1.54, 1.807) is 17.0 Å². The van der Waals surface area contributed by atoms with E-state index in [4.69, 9.17) is 23.2 Å². The van der Waals surface area contributed by atoms with E-state index in [-0.39, 0.29) is 30.0 Å². The van der Waals surface area contributed by atoms with E-state index in [0.717, 1.165) is 5.56 Å². The monoisotopic (exact) mass is 406 g/mol. The molecule has 25 heavy (non-hydrogen) atoms. The van der Waals surface area contributed by atoms with Gasteiger partial charge < -0.3 is 4.90 Å². The molecule has 5 nitrogen and oxygen atoms in total. The van der Waals surface area contributed by atoms with Crippen LogP contribution in [0.4, 0.5) is 0 Å². The Morgan fingerprint density at radius 2 is 2.00 bits per heavy atom. The van der Waals surface area contributed by atoms with Crippen LogP contribution in [0.15, 0.2) is 18.2 Å². The Kier molecular flexibility index (Phi) is 6.41. The molecule has 1 heterocycles. The largest absolute Gasteiger partial charge is 0.338 e. The second kappa shape index (κ2) is 7.82. The quantitative estimate of drug-likeness (QED) is 0.788. The normalized spacial score (nSPS) is 19.8. The van der Waals surface area contributed by atoms with E-state index in [1.165, 1.54) is 0 Å². The van der Waals surface area contributed by atoms with Crippen LogP contribution in [0.5, 0.6) is 0 Å². The van der Waals surface area contributed by atoms with Gasteiger partial charge in [0.15, 0.2) is 9.84 Å². The van der Waals surface area contributed by atoms with Crippen LogP contribution < -0.4 is 5.32 Å². The third-order valence-corrected chi connectivity index (χ3v) is 7.12. The van der Waals surface area contributed by atoms with Crippen LogP contribution in [0.3, 0.4) is 0 Å². The summed E-state index contributed by atoms with van der Waals surface area (Å²) in [6.45, 7) is 6.39. The van der Waals surface area contributed by atoms with Gasteiger partial charge in [0.2, 0.25) is 5.91 Å². The fourth-order valence-electron chi connectivity index (χ4n) is 3.04. The van der Waals surface area contributed by atoms with Gasteiger partial charge in [-0.15, -0.1) is 0 Å². The molecule has 8 heteroatoms. The highest BCUT2D eigenvalue weighted by Gasteiger charge is 2.34. The molecule has 0 aliphatic carbocycles. The first-order chi connectivity index (χ1) is 11.6. The average molecular weight is 407 g/mol. The fraction of sp³-hybridized carbons (Fsp3) is 0.588. The molecule has 2 rings (SSSR count). The second-order valence-corrected chi connectivity index (χ2v) is 9.89. The molecule has 1 aliphatic rings. The number of sulfone groups is 1. The van der Waals surface area contributed by atoms with Gasteiger partial charge in [0.05, 0.1) is 28.1 Å². The van der Waals surface area contributed by atoms with Crippen LogP contribution in [-0.2, 0) is 20.2 Å². The van der Waals surface area contributed by atoms with Crippen molar-refractivity contribution in [2.75, 3.05) is 24.6 Å². The molecule has 1 unspecified atom stereocenters. The van der Waals surface area contributed by atoms with E-state index in [9.17, 15) is 13.2 Å². The van der Waals surface area contributed by atoms with E-state index in [2.05, 4.69) is 5.32 Å². The zero-order valence-electron chi connectivity index (χ0n) is 14.7. The summed E-state index contributed by atoms with van der Waals surface area (Å²) in [5.41, 5.74) is 0.437. The van der Waals surface area contributed by atoms with Crippen LogP contribution in [0.2, 0.25) is 10.0 Å². The predicted molar refractivity (Wildman–Crippen MR) is 102 cm³/mol. The lowest BCUT2D eigenvalue weighted by atomic mass is 9.94. The van der Waals surface area contributed by atoms with Crippen molar-refractivity contribution in [1.82, 2.24) is 10.2 Å². The van der Waals surface area contributed by atoms with Gasteiger partial charge in [-0.3, -0.25) is 10.1 Å². The lowest BCUT2D eigenvalue weighted by Crippen LogP contribution is -2.48. The van der Waals surface area contributed by atoms with Gasteiger partial charge >= 0.3 is 0 Å². The minimum absolute atomic E-state index is 0.0583. The average Bonchev–Trinajstić information content (AvgIpc) is 2.88. The maximum atomic E-state index is 12.6. The maximum Gasteiger partial charge on any atom is 0.236 e. The minimum atomic E-state index is -3.02. The summed E-state index contributed by atoms with van der Waals surface area (Å²) in [6, 6.07) is 5.15. The third kappa shape index (κ3) is 5.09. The Morgan fingerprint density at radius 1 is 1.32 bits per heavy atom. The Bertz CT molecular complexity index is 750. The second-order valence-electron chi connectivity index (χ2n) is 6.84. The van der Waals surface area contributed by atoms with E-state index in [0.29, 0.717) is 23.0 Å². The summed E-state index contributed by atoms with van der Waals surface area (Å²) < 4.78 is 23.3. The van der Waals surface area contributed by atoms with Crippen molar-refractivity contribution in [3.63, 3.8) is 0 Å². The Morgan fingerprint density at radius 3 is 2.52 bits per heavy atom. The zero-order chi connectivity index (χ0) is 18.8. The van der Waals surface area contributed by atoms with Gasteiger partial charge in [-0.25, -0.2) is 8.42 Å². The number of hydrogen-bond acceptors (Lipinski definition) is 4. The number of benzene rings is 1. The summed E-state index contributed by atoms with van der Waals surface area (Å²) in [7, 11) is -3.02. The highest BCUT2D eigenvalue weighted by atomic mass is 35.5. The molecule has 1 amide bonds. The SMILES string of the molecule is CCN(C(=O)CNC(C)(C)c1ccc(Cl)c(Cl)c1)C1CCS(=O)(=O)C1.